The SMILES string of the molecule is CSc1ccc(C)c(C(=O)NC2CCN(C(C)C)C2)c1. The molecule has 1 saturated heterocycles. The van der Waals surface area contributed by atoms with Crippen LogP contribution < -0.4 is 5.32 Å². The molecule has 0 saturated carbocycles. The highest BCUT2D eigenvalue weighted by Gasteiger charge is 2.25. The average molecular weight is 292 g/mol. The number of carbonyl (C=O) groups is 1. The zero-order valence-electron chi connectivity index (χ0n) is 12.8. The van der Waals surface area contributed by atoms with Crippen LogP contribution in [0.3, 0.4) is 0 Å². The molecule has 1 unspecified atom stereocenters. The monoisotopic (exact) mass is 292 g/mol. The molecule has 0 bridgehead atoms. The summed E-state index contributed by atoms with van der Waals surface area (Å²) in [4.78, 5) is 16.0. The highest BCUT2D eigenvalue weighted by molar-refractivity contribution is 7.98. The van der Waals surface area contributed by atoms with Gasteiger partial charge in [-0.05, 0) is 51.1 Å². The Kier molecular flexibility index (Phi) is 5.11. The number of rotatable bonds is 4. The van der Waals surface area contributed by atoms with Crippen molar-refractivity contribution in [1.29, 1.82) is 0 Å². The van der Waals surface area contributed by atoms with Crippen LogP contribution in [-0.2, 0) is 0 Å². The molecule has 110 valence electrons. The number of likely N-dealkylation sites (tertiary alicyclic amines) is 1. The van der Waals surface area contributed by atoms with Gasteiger partial charge in [-0.2, -0.15) is 0 Å². The summed E-state index contributed by atoms with van der Waals surface area (Å²) in [6.45, 7) is 8.44. The van der Waals surface area contributed by atoms with E-state index < -0.39 is 0 Å². The van der Waals surface area contributed by atoms with E-state index in [-0.39, 0.29) is 11.9 Å². The van der Waals surface area contributed by atoms with Crippen molar-refractivity contribution in [2.75, 3.05) is 19.3 Å². The van der Waals surface area contributed by atoms with E-state index in [1.54, 1.807) is 11.8 Å². The van der Waals surface area contributed by atoms with Crippen molar-refractivity contribution in [2.24, 2.45) is 0 Å². The Morgan fingerprint density at radius 2 is 2.20 bits per heavy atom. The molecule has 3 nitrogen and oxygen atoms in total. The zero-order chi connectivity index (χ0) is 14.7. The van der Waals surface area contributed by atoms with Gasteiger partial charge < -0.3 is 5.32 Å². The second-order valence-electron chi connectivity index (χ2n) is 5.73. The molecule has 1 aliphatic heterocycles. The standard InChI is InChI=1S/C16H24N2OS/c1-11(2)18-8-7-13(10-18)17-16(19)15-9-14(20-4)6-5-12(15)3/h5-6,9,11,13H,7-8,10H2,1-4H3,(H,17,19). The molecule has 0 radical (unpaired) electrons. The van der Waals surface area contributed by atoms with Crippen molar-refractivity contribution in [3.63, 3.8) is 0 Å². The third-order valence-corrected chi connectivity index (χ3v) is 4.70. The Balaban J connectivity index is 2.02. The van der Waals surface area contributed by atoms with Crippen LogP contribution in [0.2, 0.25) is 0 Å². The van der Waals surface area contributed by atoms with Gasteiger partial charge in [-0.3, -0.25) is 9.69 Å². The highest BCUT2D eigenvalue weighted by atomic mass is 32.2. The maximum absolute atomic E-state index is 12.4. The fraction of sp³-hybridized carbons (Fsp3) is 0.562. The first-order chi connectivity index (χ1) is 9.51. The summed E-state index contributed by atoms with van der Waals surface area (Å²) < 4.78 is 0. The lowest BCUT2D eigenvalue weighted by Crippen LogP contribution is -2.38. The number of nitrogens with one attached hydrogen (secondary N) is 1. The molecule has 1 heterocycles. The Morgan fingerprint density at radius 3 is 2.80 bits per heavy atom. The average Bonchev–Trinajstić information content (AvgIpc) is 2.88. The van der Waals surface area contributed by atoms with Crippen LogP contribution >= 0.6 is 11.8 Å². The van der Waals surface area contributed by atoms with E-state index in [1.165, 1.54) is 0 Å². The second-order valence-corrected chi connectivity index (χ2v) is 6.61. The van der Waals surface area contributed by atoms with Gasteiger partial charge >= 0.3 is 0 Å². The van der Waals surface area contributed by atoms with Gasteiger partial charge in [-0.1, -0.05) is 6.07 Å². The minimum Gasteiger partial charge on any atom is -0.348 e. The van der Waals surface area contributed by atoms with Crippen LogP contribution in [0.1, 0.15) is 36.2 Å². The summed E-state index contributed by atoms with van der Waals surface area (Å²) in [7, 11) is 0. The molecular weight excluding hydrogens is 268 g/mol. The first-order valence-corrected chi connectivity index (χ1v) is 8.43. The summed E-state index contributed by atoms with van der Waals surface area (Å²) in [6, 6.07) is 6.91. The third-order valence-electron chi connectivity index (χ3n) is 3.97. The molecule has 2 rings (SSSR count). The van der Waals surface area contributed by atoms with E-state index in [0.717, 1.165) is 35.5 Å². The maximum Gasteiger partial charge on any atom is 0.251 e. The Hall–Kier alpha value is -1.00. The predicted molar refractivity (Wildman–Crippen MR) is 85.5 cm³/mol. The maximum atomic E-state index is 12.4. The number of nitrogens with zero attached hydrogens (tertiary/aromatic N) is 1. The molecular formula is C16H24N2OS. The van der Waals surface area contributed by atoms with Gasteiger partial charge in [0.1, 0.15) is 0 Å². The minimum absolute atomic E-state index is 0.0639. The quantitative estimate of drug-likeness (QED) is 0.866. The molecule has 1 amide bonds. The van der Waals surface area contributed by atoms with E-state index in [1.807, 2.05) is 25.3 Å². The summed E-state index contributed by atoms with van der Waals surface area (Å²) in [5.74, 6) is 0.0639. The molecule has 20 heavy (non-hydrogen) atoms. The predicted octanol–water partition coefficient (Wildman–Crippen LogP) is 2.93. The van der Waals surface area contributed by atoms with Crippen molar-refractivity contribution in [3.05, 3.63) is 29.3 Å². The summed E-state index contributed by atoms with van der Waals surface area (Å²) in [5.41, 5.74) is 1.85. The lowest BCUT2D eigenvalue weighted by atomic mass is 10.1. The van der Waals surface area contributed by atoms with Crippen LogP contribution in [0.25, 0.3) is 0 Å². The first kappa shape index (κ1) is 15.4. The number of hydrogen-bond acceptors (Lipinski definition) is 3. The molecule has 1 aromatic carbocycles. The molecule has 1 aromatic rings. The molecule has 1 aliphatic rings. The van der Waals surface area contributed by atoms with Gasteiger partial charge in [0.25, 0.3) is 5.91 Å². The summed E-state index contributed by atoms with van der Waals surface area (Å²) in [5, 5.41) is 3.18. The summed E-state index contributed by atoms with van der Waals surface area (Å²) >= 11 is 1.67. The lowest BCUT2D eigenvalue weighted by molar-refractivity contribution is 0.0936. The lowest BCUT2D eigenvalue weighted by Gasteiger charge is -2.20. The minimum atomic E-state index is 0.0639. The van der Waals surface area contributed by atoms with Crippen LogP contribution in [0.15, 0.2) is 23.1 Å². The van der Waals surface area contributed by atoms with Crippen molar-refractivity contribution in [3.8, 4) is 0 Å². The number of carbonyl (C=O) groups excluding carboxylic acids is 1. The Bertz CT molecular complexity index is 487. The van der Waals surface area contributed by atoms with Gasteiger partial charge in [0, 0.05) is 35.6 Å². The largest absolute Gasteiger partial charge is 0.348 e. The van der Waals surface area contributed by atoms with Crippen LogP contribution in [0, 0.1) is 6.92 Å². The van der Waals surface area contributed by atoms with Gasteiger partial charge in [-0.15, -0.1) is 11.8 Å². The van der Waals surface area contributed by atoms with Crippen molar-refractivity contribution >= 4 is 17.7 Å². The number of thioether (sulfide) groups is 1. The smallest absolute Gasteiger partial charge is 0.251 e. The van der Waals surface area contributed by atoms with E-state index >= 15 is 0 Å². The Labute approximate surface area is 126 Å². The number of amides is 1. The van der Waals surface area contributed by atoms with Gasteiger partial charge in [-0.25, -0.2) is 0 Å². The molecule has 0 aliphatic carbocycles. The molecule has 1 atom stereocenters. The topological polar surface area (TPSA) is 32.3 Å². The van der Waals surface area contributed by atoms with Crippen LogP contribution in [0.5, 0.6) is 0 Å². The van der Waals surface area contributed by atoms with E-state index in [0.29, 0.717) is 6.04 Å². The summed E-state index contributed by atoms with van der Waals surface area (Å²) in [6.07, 6.45) is 3.08. The normalized spacial score (nSPS) is 19.6. The van der Waals surface area contributed by atoms with Crippen LogP contribution in [0.4, 0.5) is 0 Å². The van der Waals surface area contributed by atoms with Gasteiger partial charge in [0.2, 0.25) is 0 Å². The van der Waals surface area contributed by atoms with E-state index in [4.69, 9.17) is 0 Å². The number of hydrogen-bond donors (Lipinski definition) is 1. The Morgan fingerprint density at radius 1 is 1.45 bits per heavy atom. The second kappa shape index (κ2) is 6.64. The van der Waals surface area contributed by atoms with Crippen molar-refractivity contribution in [2.45, 2.75) is 44.2 Å². The molecule has 0 spiro atoms. The first-order valence-electron chi connectivity index (χ1n) is 7.21. The van der Waals surface area contributed by atoms with Crippen molar-refractivity contribution in [1.82, 2.24) is 10.2 Å². The zero-order valence-corrected chi connectivity index (χ0v) is 13.6. The molecule has 4 heteroatoms. The number of benzene rings is 1. The van der Waals surface area contributed by atoms with Crippen LogP contribution in [-0.4, -0.2) is 42.2 Å². The van der Waals surface area contributed by atoms with Crippen molar-refractivity contribution < 1.29 is 4.79 Å². The van der Waals surface area contributed by atoms with Gasteiger partial charge in [0.15, 0.2) is 0 Å². The van der Waals surface area contributed by atoms with E-state index in [9.17, 15) is 4.79 Å². The number of aryl methyl sites for hydroxylation is 1. The van der Waals surface area contributed by atoms with Gasteiger partial charge in [0.05, 0.1) is 0 Å². The molecule has 0 aromatic heterocycles. The molecule has 1 N–H and O–H groups in total. The molecule has 1 fully saturated rings. The third kappa shape index (κ3) is 3.55. The fourth-order valence-electron chi connectivity index (χ4n) is 2.61. The highest BCUT2D eigenvalue weighted by Crippen LogP contribution is 2.20. The fourth-order valence-corrected chi connectivity index (χ4v) is 3.05. The van der Waals surface area contributed by atoms with E-state index in [2.05, 4.69) is 30.1 Å².